The van der Waals surface area contributed by atoms with Gasteiger partial charge in [-0.05, 0) is 24.1 Å². The molecule has 0 spiro atoms. The van der Waals surface area contributed by atoms with Gasteiger partial charge in [-0.1, -0.05) is 25.5 Å². The number of esters is 1. The first-order valence-electron chi connectivity index (χ1n) is 6.32. The second-order valence-corrected chi connectivity index (χ2v) is 4.18. The maximum atomic E-state index is 11.3. The van der Waals surface area contributed by atoms with E-state index in [0.29, 0.717) is 13.2 Å². The van der Waals surface area contributed by atoms with E-state index in [0.717, 1.165) is 18.4 Å². The van der Waals surface area contributed by atoms with Gasteiger partial charge in [0.2, 0.25) is 0 Å². The van der Waals surface area contributed by atoms with E-state index in [-0.39, 0.29) is 18.1 Å². The summed E-state index contributed by atoms with van der Waals surface area (Å²) in [6.07, 6.45) is 1.86. The van der Waals surface area contributed by atoms with Gasteiger partial charge in [-0.3, -0.25) is 4.79 Å². The Bertz CT molecular complexity index is 431. The molecule has 19 heavy (non-hydrogen) atoms. The number of unbranched alkanes of at least 4 members (excludes halogenated alkanes) is 1. The maximum Gasteiger partial charge on any atom is 0.335 e. The van der Waals surface area contributed by atoms with Crippen molar-refractivity contribution in [2.75, 3.05) is 13.2 Å². The lowest BCUT2D eigenvalue weighted by Gasteiger charge is -2.06. The molecule has 5 heteroatoms. The minimum Gasteiger partial charge on any atom is -0.478 e. The zero-order chi connectivity index (χ0) is 14.1. The molecule has 0 amide bonds. The van der Waals surface area contributed by atoms with Gasteiger partial charge >= 0.3 is 11.9 Å². The van der Waals surface area contributed by atoms with Gasteiger partial charge in [-0.15, -0.1) is 0 Å². The Morgan fingerprint density at radius 1 is 1.37 bits per heavy atom. The topological polar surface area (TPSA) is 75.6 Å². The van der Waals surface area contributed by atoms with Crippen LogP contribution in [0, 0.1) is 0 Å². The molecule has 1 aromatic carbocycles. The third kappa shape index (κ3) is 6.01. The van der Waals surface area contributed by atoms with Crippen molar-refractivity contribution in [3.05, 3.63) is 35.4 Å². The number of benzene rings is 1. The molecule has 0 aliphatic carbocycles. The largest absolute Gasteiger partial charge is 0.478 e. The van der Waals surface area contributed by atoms with Crippen LogP contribution >= 0.6 is 0 Å². The number of carbonyl (C=O) groups excluding carboxylic acids is 1. The van der Waals surface area contributed by atoms with Gasteiger partial charge in [-0.2, -0.15) is 0 Å². The highest BCUT2D eigenvalue weighted by atomic mass is 16.5. The number of hydrogen-bond donors (Lipinski definition) is 2. The fourth-order valence-electron chi connectivity index (χ4n) is 1.50. The summed E-state index contributed by atoms with van der Waals surface area (Å²) < 4.78 is 4.99. The minimum absolute atomic E-state index is 0.126. The number of carboxylic acid groups (broad SMARTS) is 1. The molecule has 104 valence electrons. The van der Waals surface area contributed by atoms with Crippen LogP contribution in [0.25, 0.3) is 0 Å². The van der Waals surface area contributed by atoms with Gasteiger partial charge in [0.25, 0.3) is 0 Å². The number of ether oxygens (including phenoxy) is 1. The van der Waals surface area contributed by atoms with Crippen molar-refractivity contribution in [2.45, 2.75) is 26.3 Å². The predicted molar refractivity (Wildman–Crippen MR) is 71.0 cm³/mol. The van der Waals surface area contributed by atoms with Crippen LogP contribution in [0.5, 0.6) is 0 Å². The van der Waals surface area contributed by atoms with Crippen LogP contribution in [-0.2, 0) is 16.1 Å². The lowest BCUT2D eigenvalue weighted by Crippen LogP contribution is -2.24. The summed E-state index contributed by atoms with van der Waals surface area (Å²) in [6.45, 7) is 3.04. The van der Waals surface area contributed by atoms with Gasteiger partial charge < -0.3 is 15.2 Å². The summed E-state index contributed by atoms with van der Waals surface area (Å²) in [5, 5.41) is 11.8. The zero-order valence-electron chi connectivity index (χ0n) is 11.0. The van der Waals surface area contributed by atoms with E-state index in [4.69, 9.17) is 9.84 Å². The second-order valence-electron chi connectivity index (χ2n) is 4.18. The number of rotatable bonds is 8. The third-order valence-electron chi connectivity index (χ3n) is 2.53. The molecule has 5 nitrogen and oxygen atoms in total. The van der Waals surface area contributed by atoms with Gasteiger partial charge in [-0.25, -0.2) is 4.79 Å². The van der Waals surface area contributed by atoms with Crippen molar-refractivity contribution < 1.29 is 19.4 Å². The minimum atomic E-state index is -0.958. The molecule has 0 aliphatic heterocycles. The van der Waals surface area contributed by atoms with E-state index in [9.17, 15) is 9.59 Å². The van der Waals surface area contributed by atoms with Crippen LogP contribution in [0.1, 0.15) is 35.7 Å². The first-order valence-corrected chi connectivity index (χ1v) is 6.32. The van der Waals surface area contributed by atoms with Gasteiger partial charge in [0.15, 0.2) is 0 Å². The Hall–Kier alpha value is -1.88. The molecule has 2 N–H and O–H groups in total. The average Bonchev–Trinajstić information content (AvgIpc) is 2.39. The summed E-state index contributed by atoms with van der Waals surface area (Å²) in [6, 6.07) is 6.60. The Balaban J connectivity index is 2.31. The van der Waals surface area contributed by atoms with Crippen molar-refractivity contribution in [1.29, 1.82) is 0 Å². The third-order valence-corrected chi connectivity index (χ3v) is 2.53. The van der Waals surface area contributed by atoms with Crippen LogP contribution in [0.4, 0.5) is 0 Å². The van der Waals surface area contributed by atoms with Crippen molar-refractivity contribution in [3.63, 3.8) is 0 Å². The summed E-state index contributed by atoms with van der Waals surface area (Å²) in [5.74, 6) is -1.25. The summed E-state index contributed by atoms with van der Waals surface area (Å²) >= 11 is 0. The van der Waals surface area contributed by atoms with E-state index >= 15 is 0 Å². The fourth-order valence-corrected chi connectivity index (χ4v) is 1.50. The molecule has 0 saturated heterocycles. The van der Waals surface area contributed by atoms with E-state index in [1.54, 1.807) is 12.1 Å². The van der Waals surface area contributed by atoms with E-state index in [2.05, 4.69) is 5.32 Å². The zero-order valence-corrected chi connectivity index (χ0v) is 11.0. The van der Waals surface area contributed by atoms with Gasteiger partial charge in [0.05, 0.1) is 18.7 Å². The first kappa shape index (κ1) is 15.2. The SMILES string of the molecule is CCCCOC(=O)CNCc1cccc(C(=O)O)c1. The summed E-state index contributed by atoms with van der Waals surface area (Å²) in [5.41, 5.74) is 1.06. The van der Waals surface area contributed by atoms with Crippen LogP contribution in [0.2, 0.25) is 0 Å². The standard InChI is InChI=1S/C14H19NO4/c1-2-3-7-19-13(16)10-15-9-11-5-4-6-12(8-11)14(17)18/h4-6,8,15H,2-3,7,9-10H2,1H3,(H,17,18). The van der Waals surface area contributed by atoms with E-state index < -0.39 is 5.97 Å². The molecule has 0 aromatic heterocycles. The highest BCUT2D eigenvalue weighted by Gasteiger charge is 2.04. The first-order chi connectivity index (χ1) is 9.13. The smallest absolute Gasteiger partial charge is 0.335 e. The number of aromatic carboxylic acids is 1. The molecule has 0 radical (unpaired) electrons. The van der Waals surface area contributed by atoms with Crippen molar-refractivity contribution in [1.82, 2.24) is 5.32 Å². The Kier molecular flexibility index (Phi) is 6.60. The van der Waals surface area contributed by atoms with E-state index in [1.165, 1.54) is 6.07 Å². The Morgan fingerprint density at radius 3 is 2.84 bits per heavy atom. The van der Waals surface area contributed by atoms with Crippen molar-refractivity contribution >= 4 is 11.9 Å². The molecule has 1 rings (SSSR count). The number of hydrogen-bond acceptors (Lipinski definition) is 4. The molecule has 0 saturated carbocycles. The molecule has 0 aliphatic rings. The molecule has 0 atom stereocenters. The Labute approximate surface area is 112 Å². The lowest BCUT2D eigenvalue weighted by molar-refractivity contribution is -0.142. The van der Waals surface area contributed by atoms with Gasteiger partial charge in [0, 0.05) is 6.54 Å². The molecule has 0 heterocycles. The second kappa shape index (κ2) is 8.26. The van der Waals surface area contributed by atoms with Crippen LogP contribution in [0.3, 0.4) is 0 Å². The van der Waals surface area contributed by atoms with Crippen molar-refractivity contribution in [2.24, 2.45) is 0 Å². The summed E-state index contributed by atoms with van der Waals surface area (Å²) in [4.78, 5) is 22.1. The monoisotopic (exact) mass is 265 g/mol. The fraction of sp³-hybridized carbons (Fsp3) is 0.429. The summed E-state index contributed by atoms with van der Waals surface area (Å²) in [7, 11) is 0. The molecule has 0 fully saturated rings. The molecular formula is C14H19NO4. The highest BCUT2D eigenvalue weighted by molar-refractivity contribution is 5.87. The Morgan fingerprint density at radius 2 is 2.16 bits per heavy atom. The molecule has 1 aromatic rings. The number of nitrogens with one attached hydrogen (secondary N) is 1. The van der Waals surface area contributed by atoms with Crippen LogP contribution < -0.4 is 5.32 Å². The molecule has 0 bridgehead atoms. The normalized spacial score (nSPS) is 10.2. The quantitative estimate of drug-likeness (QED) is 0.554. The van der Waals surface area contributed by atoms with Gasteiger partial charge in [0.1, 0.15) is 0 Å². The van der Waals surface area contributed by atoms with Crippen LogP contribution in [-0.4, -0.2) is 30.2 Å². The van der Waals surface area contributed by atoms with Crippen molar-refractivity contribution in [3.8, 4) is 0 Å². The maximum absolute atomic E-state index is 11.3. The van der Waals surface area contributed by atoms with E-state index in [1.807, 2.05) is 13.0 Å². The number of carboxylic acids is 1. The number of carbonyl (C=O) groups is 2. The predicted octanol–water partition coefficient (Wildman–Crippen LogP) is 1.82. The molecule has 0 unspecified atom stereocenters. The highest BCUT2D eigenvalue weighted by Crippen LogP contribution is 2.04. The molecular weight excluding hydrogens is 246 g/mol. The lowest BCUT2D eigenvalue weighted by atomic mass is 10.1. The average molecular weight is 265 g/mol. The van der Waals surface area contributed by atoms with Crippen LogP contribution in [0.15, 0.2) is 24.3 Å².